The second kappa shape index (κ2) is 8.03. The highest BCUT2D eigenvalue weighted by atomic mass is 19.4. The van der Waals surface area contributed by atoms with Crippen LogP contribution in [0.2, 0.25) is 0 Å². The van der Waals surface area contributed by atoms with Gasteiger partial charge in [-0.1, -0.05) is 6.07 Å². The van der Waals surface area contributed by atoms with Crippen molar-refractivity contribution in [2.45, 2.75) is 50.1 Å². The van der Waals surface area contributed by atoms with Gasteiger partial charge in [-0.15, -0.1) is 0 Å². The molecule has 2 aromatic carbocycles. The summed E-state index contributed by atoms with van der Waals surface area (Å²) in [5.74, 6) is -0.925. The molecule has 2 aromatic rings. The number of aromatic carboxylic acids is 1. The molecule has 6 rings (SSSR count). The third-order valence-electron chi connectivity index (χ3n) is 7.79. The number of carboxylic acids is 1. The Kier molecular flexibility index (Phi) is 5.37. The monoisotopic (exact) mass is 474 g/mol. The molecule has 4 saturated carbocycles. The number of halogens is 3. The second-order valence-corrected chi connectivity index (χ2v) is 9.98. The van der Waals surface area contributed by atoms with Crippen LogP contribution in [0.25, 0.3) is 0 Å². The topological polar surface area (TPSA) is 72.8 Å². The molecule has 4 aliphatic rings. The highest BCUT2D eigenvalue weighted by molar-refractivity contribution is 5.94. The van der Waals surface area contributed by atoms with Gasteiger partial charge in [0, 0.05) is 5.56 Å². The number of methoxy groups -OCH3 is 1. The van der Waals surface area contributed by atoms with Crippen molar-refractivity contribution in [1.82, 2.24) is 0 Å². The fraction of sp³-hybridized carbons (Fsp3) is 0.462. The lowest BCUT2D eigenvalue weighted by atomic mass is 9.48. The molecule has 4 bridgehead atoms. The molecule has 4 aliphatic carbocycles. The van der Waals surface area contributed by atoms with Crippen LogP contribution in [0.1, 0.15) is 70.4 Å². The van der Waals surface area contributed by atoms with Crippen LogP contribution in [0.15, 0.2) is 36.4 Å². The predicted octanol–water partition coefficient (Wildman–Crippen LogP) is 6.10. The predicted molar refractivity (Wildman–Crippen MR) is 116 cm³/mol. The number of benzene rings is 2. The van der Waals surface area contributed by atoms with Gasteiger partial charge in [0.2, 0.25) is 0 Å². The van der Waals surface area contributed by atoms with Gasteiger partial charge in [0.1, 0.15) is 17.1 Å². The van der Waals surface area contributed by atoms with Crippen molar-refractivity contribution in [3.8, 4) is 11.5 Å². The number of alkyl halides is 3. The molecule has 8 heteroatoms. The summed E-state index contributed by atoms with van der Waals surface area (Å²) in [5, 5.41) is 9.20. The van der Waals surface area contributed by atoms with Crippen molar-refractivity contribution >= 4 is 11.9 Å². The minimum Gasteiger partial charge on any atom is -0.496 e. The maximum atomic E-state index is 13.6. The van der Waals surface area contributed by atoms with Crippen molar-refractivity contribution in [2.75, 3.05) is 7.11 Å². The highest BCUT2D eigenvalue weighted by Gasteiger charge is 2.52. The number of rotatable bonds is 5. The first kappa shape index (κ1) is 22.7. The zero-order chi connectivity index (χ0) is 24.3. The SMILES string of the molecule is COc1ccc(C(=O)Oc2cccc(C(=O)O)c2C(F)(F)F)cc1C12CC3CC(CC(C3)C1)C2. The molecule has 34 heavy (non-hydrogen) atoms. The van der Waals surface area contributed by atoms with E-state index in [1.807, 2.05) is 0 Å². The zero-order valence-corrected chi connectivity index (χ0v) is 18.7. The van der Waals surface area contributed by atoms with Crippen LogP contribution in [-0.2, 0) is 11.6 Å². The maximum absolute atomic E-state index is 13.6. The van der Waals surface area contributed by atoms with Gasteiger partial charge >= 0.3 is 18.1 Å². The number of carboxylic acid groups (broad SMARTS) is 1. The lowest BCUT2D eigenvalue weighted by Gasteiger charge is -2.57. The Labute approximate surface area is 194 Å². The van der Waals surface area contributed by atoms with Crippen LogP contribution in [0, 0.1) is 17.8 Å². The summed E-state index contributed by atoms with van der Waals surface area (Å²) in [6, 6.07) is 7.75. The first-order valence-corrected chi connectivity index (χ1v) is 11.4. The number of carbonyl (C=O) groups is 2. The lowest BCUT2D eigenvalue weighted by Crippen LogP contribution is -2.48. The van der Waals surface area contributed by atoms with Crippen molar-refractivity contribution in [2.24, 2.45) is 17.8 Å². The molecular weight excluding hydrogens is 449 g/mol. The van der Waals surface area contributed by atoms with Crippen molar-refractivity contribution in [3.05, 3.63) is 58.7 Å². The highest BCUT2D eigenvalue weighted by Crippen LogP contribution is 2.62. The summed E-state index contributed by atoms with van der Waals surface area (Å²) in [5.41, 5.74) is -1.52. The first-order chi connectivity index (χ1) is 16.1. The van der Waals surface area contributed by atoms with Crippen LogP contribution in [0.5, 0.6) is 11.5 Å². The normalized spacial score (nSPS) is 27.5. The van der Waals surface area contributed by atoms with Gasteiger partial charge in [0.25, 0.3) is 0 Å². The van der Waals surface area contributed by atoms with Crippen LogP contribution in [0.3, 0.4) is 0 Å². The van der Waals surface area contributed by atoms with Crippen LogP contribution < -0.4 is 9.47 Å². The van der Waals surface area contributed by atoms with E-state index < -0.39 is 35.0 Å². The van der Waals surface area contributed by atoms with E-state index in [-0.39, 0.29) is 11.0 Å². The summed E-state index contributed by atoms with van der Waals surface area (Å²) in [4.78, 5) is 24.3. The average Bonchev–Trinajstić information content (AvgIpc) is 2.76. The standard InChI is InChI=1S/C26H25F3O5/c1-33-20-6-5-17(10-19(20)25-11-14-7-15(12-25)9-16(8-14)13-25)24(32)34-21-4-2-3-18(23(30)31)22(21)26(27,28)29/h2-6,10,14-16H,7-9,11-13H2,1H3,(H,30,31). The second-order valence-electron chi connectivity index (χ2n) is 9.98. The molecule has 0 atom stereocenters. The molecule has 0 unspecified atom stereocenters. The Morgan fingerprint density at radius 1 is 0.971 bits per heavy atom. The Hall–Kier alpha value is -3.03. The van der Waals surface area contributed by atoms with Crippen LogP contribution in [0.4, 0.5) is 13.2 Å². The minimum absolute atomic E-state index is 0.100. The lowest BCUT2D eigenvalue weighted by molar-refractivity contribution is -0.139. The Morgan fingerprint density at radius 2 is 1.59 bits per heavy atom. The van der Waals surface area contributed by atoms with Crippen LogP contribution in [-0.4, -0.2) is 24.2 Å². The van der Waals surface area contributed by atoms with Crippen molar-refractivity contribution in [3.63, 3.8) is 0 Å². The van der Waals surface area contributed by atoms with E-state index in [0.29, 0.717) is 23.5 Å². The van der Waals surface area contributed by atoms with Gasteiger partial charge in [0.05, 0.1) is 18.2 Å². The molecule has 0 spiro atoms. The summed E-state index contributed by atoms with van der Waals surface area (Å²) in [7, 11) is 1.57. The van der Waals surface area contributed by atoms with Crippen molar-refractivity contribution < 1.29 is 37.3 Å². The third-order valence-corrected chi connectivity index (χ3v) is 7.79. The van der Waals surface area contributed by atoms with E-state index in [1.165, 1.54) is 25.3 Å². The Bertz CT molecular complexity index is 1120. The number of hydrogen-bond acceptors (Lipinski definition) is 4. The fourth-order valence-electron chi connectivity index (χ4n) is 6.94. The van der Waals surface area contributed by atoms with Gasteiger partial charge < -0.3 is 14.6 Å². The van der Waals surface area contributed by atoms with Gasteiger partial charge in [0.15, 0.2) is 0 Å². The molecule has 0 aliphatic heterocycles. The van der Waals surface area contributed by atoms with E-state index in [1.54, 1.807) is 19.2 Å². The van der Waals surface area contributed by atoms with Gasteiger partial charge in [-0.2, -0.15) is 13.2 Å². The third kappa shape index (κ3) is 3.83. The van der Waals surface area contributed by atoms with E-state index in [9.17, 15) is 27.9 Å². The zero-order valence-electron chi connectivity index (χ0n) is 18.7. The molecule has 0 saturated heterocycles. The number of hydrogen-bond donors (Lipinski definition) is 1. The average molecular weight is 474 g/mol. The largest absolute Gasteiger partial charge is 0.496 e. The van der Waals surface area contributed by atoms with E-state index >= 15 is 0 Å². The molecular formula is C26H25F3O5. The van der Waals surface area contributed by atoms with Gasteiger partial charge in [-0.25, -0.2) is 9.59 Å². The fourth-order valence-corrected chi connectivity index (χ4v) is 6.94. The smallest absolute Gasteiger partial charge is 0.420 e. The minimum atomic E-state index is -5.01. The van der Waals surface area contributed by atoms with E-state index in [0.717, 1.165) is 43.0 Å². The van der Waals surface area contributed by atoms with Crippen LogP contribution >= 0.6 is 0 Å². The van der Waals surface area contributed by atoms with E-state index in [2.05, 4.69) is 0 Å². The molecule has 0 amide bonds. The molecule has 0 radical (unpaired) electrons. The summed E-state index contributed by atoms with van der Waals surface area (Å²) >= 11 is 0. The van der Waals surface area contributed by atoms with E-state index in [4.69, 9.17) is 9.47 Å². The number of esters is 1. The summed E-state index contributed by atoms with van der Waals surface area (Å²) < 4.78 is 51.7. The summed E-state index contributed by atoms with van der Waals surface area (Å²) in [6.45, 7) is 0. The Morgan fingerprint density at radius 3 is 2.12 bits per heavy atom. The van der Waals surface area contributed by atoms with Gasteiger partial charge in [-0.3, -0.25) is 0 Å². The quantitative estimate of drug-likeness (QED) is 0.419. The molecule has 1 N–H and O–H groups in total. The Balaban J connectivity index is 1.50. The molecule has 0 heterocycles. The molecule has 4 fully saturated rings. The number of ether oxygens (including phenoxy) is 2. The number of carbonyl (C=O) groups excluding carboxylic acids is 1. The van der Waals surface area contributed by atoms with Crippen molar-refractivity contribution in [1.29, 1.82) is 0 Å². The maximum Gasteiger partial charge on any atom is 0.420 e. The van der Waals surface area contributed by atoms with Gasteiger partial charge in [-0.05, 0) is 92.0 Å². The molecule has 0 aromatic heterocycles. The molecule has 180 valence electrons. The first-order valence-electron chi connectivity index (χ1n) is 11.4. The molecule has 5 nitrogen and oxygen atoms in total. The summed E-state index contributed by atoms with van der Waals surface area (Å²) in [6.07, 6.45) is 1.78.